The second-order valence-electron chi connectivity index (χ2n) is 3.16. The summed E-state index contributed by atoms with van der Waals surface area (Å²) in [6.07, 6.45) is 4.64. The van der Waals surface area contributed by atoms with Crippen molar-refractivity contribution in [3.63, 3.8) is 0 Å². The van der Waals surface area contributed by atoms with Gasteiger partial charge < -0.3 is 0 Å². The summed E-state index contributed by atoms with van der Waals surface area (Å²) in [6, 6.07) is 6.52. The van der Waals surface area contributed by atoms with E-state index in [4.69, 9.17) is 5.26 Å². The summed E-state index contributed by atoms with van der Waals surface area (Å²) >= 11 is 0. The van der Waals surface area contributed by atoms with Crippen LogP contribution in [0.2, 0.25) is 0 Å². The van der Waals surface area contributed by atoms with Gasteiger partial charge in [-0.2, -0.15) is 5.26 Å². The Labute approximate surface area is 96.1 Å². The van der Waals surface area contributed by atoms with Crippen LogP contribution in [-0.2, 0) is 0 Å². The molecule has 0 saturated carbocycles. The van der Waals surface area contributed by atoms with Gasteiger partial charge in [-0.25, -0.2) is 4.98 Å². The fourth-order valence-electron chi connectivity index (χ4n) is 1.27. The summed E-state index contributed by atoms with van der Waals surface area (Å²) in [4.78, 5) is 14.1. The van der Waals surface area contributed by atoms with Gasteiger partial charge in [-0.15, -0.1) is 0 Å². The summed E-state index contributed by atoms with van der Waals surface area (Å²) < 4.78 is 1.53. The van der Waals surface area contributed by atoms with Gasteiger partial charge in [0, 0.05) is 24.7 Å². The summed E-state index contributed by atoms with van der Waals surface area (Å²) in [5, 5.41) is 19.5. The molecule has 2 aromatic rings. The molecule has 17 heavy (non-hydrogen) atoms. The predicted octanol–water partition coefficient (Wildman–Crippen LogP) is 1.54. The smallest absolute Gasteiger partial charge is 0.272 e. The highest BCUT2D eigenvalue weighted by Crippen LogP contribution is 2.22. The fraction of sp³-hybridized carbons (Fsp3) is 0. The van der Waals surface area contributed by atoms with E-state index in [-0.39, 0.29) is 17.1 Å². The first-order valence-corrected chi connectivity index (χ1v) is 4.65. The molecule has 7 nitrogen and oxygen atoms in total. The van der Waals surface area contributed by atoms with E-state index >= 15 is 0 Å². The van der Waals surface area contributed by atoms with Crippen molar-refractivity contribution in [2.75, 3.05) is 5.43 Å². The zero-order valence-electron chi connectivity index (χ0n) is 8.57. The molecule has 84 valence electrons. The lowest BCUT2D eigenvalue weighted by atomic mass is 10.3. The molecule has 0 saturated heterocycles. The Kier molecular flexibility index (Phi) is 2.70. The van der Waals surface area contributed by atoms with Crippen LogP contribution in [0.5, 0.6) is 0 Å². The maximum Gasteiger partial charge on any atom is 0.314 e. The number of nitrogens with zero attached hydrogens (tertiary/aromatic N) is 4. The van der Waals surface area contributed by atoms with Gasteiger partial charge in [-0.3, -0.25) is 20.2 Å². The highest BCUT2D eigenvalue weighted by atomic mass is 16.6. The van der Waals surface area contributed by atoms with E-state index in [1.165, 1.54) is 16.9 Å². The van der Waals surface area contributed by atoms with E-state index in [0.29, 0.717) is 0 Å². The van der Waals surface area contributed by atoms with Gasteiger partial charge in [0.15, 0.2) is 0 Å². The first-order valence-electron chi connectivity index (χ1n) is 4.65. The number of anilines is 1. The average molecular weight is 229 g/mol. The molecule has 2 aromatic heterocycles. The SMILES string of the molecule is N#Cc1cnc(Nn2cccc2)c([N+](=O)[O-])c1. The molecule has 2 rings (SSSR count). The van der Waals surface area contributed by atoms with Crippen LogP contribution in [0, 0.1) is 21.4 Å². The third kappa shape index (κ3) is 2.21. The molecule has 0 spiro atoms. The molecule has 0 unspecified atom stereocenters. The largest absolute Gasteiger partial charge is 0.314 e. The summed E-state index contributed by atoms with van der Waals surface area (Å²) in [6.45, 7) is 0. The van der Waals surface area contributed by atoms with E-state index in [0.717, 1.165) is 0 Å². The van der Waals surface area contributed by atoms with Gasteiger partial charge in [-0.05, 0) is 12.1 Å². The van der Waals surface area contributed by atoms with Crippen molar-refractivity contribution in [3.05, 3.63) is 52.5 Å². The molecule has 0 amide bonds. The van der Waals surface area contributed by atoms with Gasteiger partial charge in [0.1, 0.15) is 6.07 Å². The van der Waals surface area contributed by atoms with E-state index in [1.54, 1.807) is 30.6 Å². The summed E-state index contributed by atoms with van der Waals surface area (Å²) in [5.41, 5.74) is 2.65. The highest BCUT2D eigenvalue weighted by molar-refractivity contribution is 5.58. The standard InChI is InChI=1S/C10H7N5O2/c11-6-8-5-9(15(16)17)10(12-7-8)13-14-3-1-2-4-14/h1-5,7H,(H,12,13). The number of rotatable bonds is 3. The fourth-order valence-corrected chi connectivity index (χ4v) is 1.27. The number of nitro groups is 1. The third-order valence-electron chi connectivity index (χ3n) is 2.03. The van der Waals surface area contributed by atoms with Gasteiger partial charge >= 0.3 is 5.69 Å². The number of nitrogens with one attached hydrogen (secondary N) is 1. The van der Waals surface area contributed by atoms with E-state index in [2.05, 4.69) is 10.4 Å². The third-order valence-corrected chi connectivity index (χ3v) is 2.03. The van der Waals surface area contributed by atoms with Crippen molar-refractivity contribution < 1.29 is 4.92 Å². The predicted molar refractivity (Wildman–Crippen MR) is 59.1 cm³/mol. The van der Waals surface area contributed by atoms with E-state index in [1.807, 2.05) is 0 Å². The van der Waals surface area contributed by atoms with Crippen LogP contribution >= 0.6 is 0 Å². The van der Waals surface area contributed by atoms with Gasteiger partial charge in [-0.1, -0.05) is 0 Å². The Morgan fingerprint density at radius 2 is 2.18 bits per heavy atom. The molecular formula is C10H7N5O2. The molecule has 0 atom stereocenters. The van der Waals surface area contributed by atoms with Crippen molar-refractivity contribution in [2.45, 2.75) is 0 Å². The van der Waals surface area contributed by atoms with Crippen molar-refractivity contribution >= 4 is 11.5 Å². The number of pyridine rings is 1. The van der Waals surface area contributed by atoms with Crippen molar-refractivity contribution in [1.82, 2.24) is 9.66 Å². The molecule has 2 heterocycles. The highest BCUT2D eigenvalue weighted by Gasteiger charge is 2.16. The van der Waals surface area contributed by atoms with Crippen LogP contribution in [0.15, 0.2) is 36.8 Å². The summed E-state index contributed by atoms with van der Waals surface area (Å²) in [7, 11) is 0. The van der Waals surface area contributed by atoms with Crippen molar-refractivity contribution in [2.24, 2.45) is 0 Å². The molecule has 0 radical (unpaired) electrons. The number of nitriles is 1. The zero-order chi connectivity index (χ0) is 12.3. The Morgan fingerprint density at radius 1 is 1.47 bits per heavy atom. The van der Waals surface area contributed by atoms with Gasteiger partial charge in [0.25, 0.3) is 0 Å². The molecule has 0 fully saturated rings. The summed E-state index contributed by atoms with van der Waals surface area (Å²) in [5.74, 6) is 0.0881. The monoisotopic (exact) mass is 229 g/mol. The first-order chi connectivity index (χ1) is 8.20. The molecule has 0 bridgehead atoms. The molecule has 1 N–H and O–H groups in total. The molecule has 0 aliphatic heterocycles. The average Bonchev–Trinajstić information content (AvgIpc) is 2.82. The van der Waals surface area contributed by atoms with Crippen molar-refractivity contribution in [1.29, 1.82) is 5.26 Å². The first kappa shape index (κ1) is 10.6. The van der Waals surface area contributed by atoms with Crippen LogP contribution in [0.25, 0.3) is 0 Å². The van der Waals surface area contributed by atoms with Crippen LogP contribution in [0.4, 0.5) is 11.5 Å². The molecule has 0 aliphatic rings. The van der Waals surface area contributed by atoms with Crippen LogP contribution < -0.4 is 5.43 Å². The molecule has 7 heteroatoms. The van der Waals surface area contributed by atoms with Crippen LogP contribution in [0.3, 0.4) is 0 Å². The molecule has 0 aromatic carbocycles. The lowest BCUT2D eigenvalue weighted by Crippen LogP contribution is -2.09. The Morgan fingerprint density at radius 3 is 2.76 bits per heavy atom. The van der Waals surface area contributed by atoms with Gasteiger partial charge in [0.2, 0.25) is 5.82 Å². The second-order valence-corrected chi connectivity index (χ2v) is 3.16. The molecule has 0 aliphatic carbocycles. The maximum absolute atomic E-state index is 10.8. The number of aromatic nitrogens is 2. The quantitative estimate of drug-likeness (QED) is 0.635. The topological polar surface area (TPSA) is 96.8 Å². The number of hydrogen-bond donors (Lipinski definition) is 1. The lowest BCUT2D eigenvalue weighted by Gasteiger charge is -2.06. The number of hydrogen-bond acceptors (Lipinski definition) is 5. The van der Waals surface area contributed by atoms with Crippen LogP contribution in [-0.4, -0.2) is 14.6 Å². The van der Waals surface area contributed by atoms with Crippen molar-refractivity contribution in [3.8, 4) is 6.07 Å². The lowest BCUT2D eigenvalue weighted by molar-refractivity contribution is -0.384. The van der Waals surface area contributed by atoms with E-state index in [9.17, 15) is 10.1 Å². The maximum atomic E-state index is 10.8. The van der Waals surface area contributed by atoms with Crippen LogP contribution in [0.1, 0.15) is 5.56 Å². The van der Waals surface area contributed by atoms with Gasteiger partial charge in [0.05, 0.1) is 10.5 Å². The van der Waals surface area contributed by atoms with E-state index < -0.39 is 4.92 Å². The molecular weight excluding hydrogens is 222 g/mol. The normalized spacial score (nSPS) is 9.59. The minimum atomic E-state index is -0.584. The Hall–Kier alpha value is -2.88. The second kappa shape index (κ2) is 4.32. The minimum absolute atomic E-state index is 0.0881. The Balaban J connectivity index is 2.40. The minimum Gasteiger partial charge on any atom is -0.272 e. The zero-order valence-corrected chi connectivity index (χ0v) is 8.57. The Bertz CT molecular complexity index is 585.